The number of benzene rings is 1. The second kappa shape index (κ2) is 6.79. The van der Waals surface area contributed by atoms with Crippen LogP contribution in [-0.2, 0) is 10.9 Å². The van der Waals surface area contributed by atoms with Crippen molar-refractivity contribution in [3.05, 3.63) is 35.7 Å². The Kier molecular flexibility index (Phi) is 4.73. The highest BCUT2D eigenvalue weighted by Gasteiger charge is 2.36. The van der Waals surface area contributed by atoms with Gasteiger partial charge < -0.3 is 14.4 Å². The molecule has 0 saturated carbocycles. The van der Waals surface area contributed by atoms with Gasteiger partial charge in [0.25, 0.3) is 0 Å². The molecule has 0 radical (unpaired) electrons. The molecule has 3 rings (SSSR count). The Morgan fingerprint density at radius 3 is 2.48 bits per heavy atom. The van der Waals surface area contributed by atoms with E-state index in [1.807, 2.05) is 0 Å². The lowest BCUT2D eigenvalue weighted by Gasteiger charge is -2.19. The summed E-state index contributed by atoms with van der Waals surface area (Å²) in [6, 6.07) is 4.39. The van der Waals surface area contributed by atoms with Gasteiger partial charge in [0, 0.05) is 6.07 Å². The molecule has 9 nitrogen and oxygen atoms in total. The molecule has 1 aromatic carbocycles. The second-order valence-electron chi connectivity index (χ2n) is 6.97. The number of aromatic carboxylic acids is 1. The van der Waals surface area contributed by atoms with Crippen molar-refractivity contribution in [1.29, 1.82) is 0 Å². The third-order valence-corrected chi connectivity index (χ3v) is 3.54. The Morgan fingerprint density at radius 2 is 1.90 bits per heavy atom. The van der Waals surface area contributed by atoms with Crippen LogP contribution in [0.25, 0.3) is 16.7 Å². The SMILES string of the molecule is CC(C)(C)OC(=O)Nc1noc2ccc(-n3nc(C(F)(F)F)cc3C(=O)O)cc12. The Labute approximate surface area is 161 Å². The molecule has 0 saturated heterocycles. The number of rotatable bonds is 3. The summed E-state index contributed by atoms with van der Waals surface area (Å²) >= 11 is 0. The molecule has 3 aromatic rings. The predicted molar refractivity (Wildman–Crippen MR) is 92.9 cm³/mol. The summed E-state index contributed by atoms with van der Waals surface area (Å²) in [5, 5.41) is 18.9. The maximum atomic E-state index is 13.0. The number of nitrogens with one attached hydrogen (secondary N) is 1. The van der Waals surface area contributed by atoms with E-state index < -0.39 is 35.2 Å². The molecule has 29 heavy (non-hydrogen) atoms. The molecule has 0 aliphatic carbocycles. The number of hydrogen-bond donors (Lipinski definition) is 2. The minimum absolute atomic E-state index is 0.000777. The van der Waals surface area contributed by atoms with Crippen molar-refractivity contribution in [2.75, 3.05) is 5.32 Å². The van der Waals surface area contributed by atoms with E-state index >= 15 is 0 Å². The van der Waals surface area contributed by atoms with Crippen LogP contribution in [0.4, 0.5) is 23.8 Å². The van der Waals surface area contributed by atoms with E-state index in [-0.39, 0.29) is 22.5 Å². The number of carbonyl (C=O) groups excluding carboxylic acids is 1. The van der Waals surface area contributed by atoms with Crippen molar-refractivity contribution in [1.82, 2.24) is 14.9 Å². The van der Waals surface area contributed by atoms with Crippen molar-refractivity contribution in [3.63, 3.8) is 0 Å². The van der Waals surface area contributed by atoms with Gasteiger partial charge in [-0.1, -0.05) is 5.16 Å². The quantitative estimate of drug-likeness (QED) is 0.665. The van der Waals surface area contributed by atoms with Crippen molar-refractivity contribution < 1.29 is 37.1 Å². The van der Waals surface area contributed by atoms with Gasteiger partial charge in [-0.15, -0.1) is 0 Å². The van der Waals surface area contributed by atoms with Crippen LogP contribution in [-0.4, -0.2) is 37.7 Å². The molecule has 0 fully saturated rings. The molecule has 0 atom stereocenters. The van der Waals surface area contributed by atoms with Crippen LogP contribution in [0.5, 0.6) is 0 Å². The third kappa shape index (κ3) is 4.31. The number of ether oxygens (including phenoxy) is 1. The summed E-state index contributed by atoms with van der Waals surface area (Å²) in [7, 11) is 0. The Morgan fingerprint density at radius 1 is 1.21 bits per heavy atom. The van der Waals surface area contributed by atoms with E-state index in [4.69, 9.17) is 9.26 Å². The number of carboxylic acids is 1. The highest BCUT2D eigenvalue weighted by atomic mass is 19.4. The van der Waals surface area contributed by atoms with E-state index in [2.05, 4.69) is 15.6 Å². The lowest BCUT2D eigenvalue weighted by molar-refractivity contribution is -0.141. The van der Waals surface area contributed by atoms with Gasteiger partial charge in [-0.25, -0.2) is 14.3 Å². The Hall–Kier alpha value is -3.57. The lowest BCUT2D eigenvalue weighted by Crippen LogP contribution is -2.27. The zero-order chi connectivity index (χ0) is 21.6. The number of carbonyl (C=O) groups is 2. The van der Waals surface area contributed by atoms with Crippen LogP contribution in [0.3, 0.4) is 0 Å². The Bertz CT molecular complexity index is 1090. The van der Waals surface area contributed by atoms with Crippen LogP contribution >= 0.6 is 0 Å². The molecule has 0 unspecified atom stereocenters. The number of fused-ring (bicyclic) bond motifs is 1. The number of aromatic nitrogens is 3. The van der Waals surface area contributed by atoms with Crippen LogP contribution in [0, 0.1) is 0 Å². The molecule has 0 spiro atoms. The van der Waals surface area contributed by atoms with Crippen molar-refractivity contribution in [2.24, 2.45) is 0 Å². The fourth-order valence-corrected chi connectivity index (χ4v) is 2.42. The maximum Gasteiger partial charge on any atom is 0.435 e. The standard InChI is InChI=1S/C17H15F3N4O5/c1-16(2,3)28-15(27)21-13-9-6-8(4-5-11(9)29-23-13)24-10(14(25)26)7-12(22-24)17(18,19)20/h4-7H,1-3H3,(H,25,26)(H,21,23,27). The minimum Gasteiger partial charge on any atom is -0.477 e. The highest BCUT2D eigenvalue weighted by Crippen LogP contribution is 2.31. The van der Waals surface area contributed by atoms with Gasteiger partial charge in [-0.2, -0.15) is 18.3 Å². The number of carboxylic acid groups (broad SMARTS) is 1. The third-order valence-electron chi connectivity index (χ3n) is 3.54. The van der Waals surface area contributed by atoms with E-state index in [0.717, 1.165) is 0 Å². The van der Waals surface area contributed by atoms with E-state index in [1.165, 1.54) is 18.2 Å². The molecule has 0 aliphatic rings. The van der Waals surface area contributed by atoms with Gasteiger partial charge in [0.1, 0.15) is 5.60 Å². The predicted octanol–water partition coefficient (Wildman–Crippen LogP) is 4.08. The monoisotopic (exact) mass is 412 g/mol. The fraction of sp³-hybridized carbons (Fsp3) is 0.294. The molecule has 0 bridgehead atoms. The van der Waals surface area contributed by atoms with Crippen LogP contribution < -0.4 is 5.32 Å². The van der Waals surface area contributed by atoms with E-state index in [1.54, 1.807) is 20.8 Å². The zero-order valence-corrected chi connectivity index (χ0v) is 15.4. The summed E-state index contributed by atoms with van der Waals surface area (Å²) in [5.74, 6) is -1.64. The molecule has 0 aliphatic heterocycles. The topological polar surface area (TPSA) is 119 Å². The van der Waals surface area contributed by atoms with Crippen LogP contribution in [0.2, 0.25) is 0 Å². The van der Waals surface area contributed by atoms with Gasteiger partial charge in [-0.3, -0.25) is 5.32 Å². The first-order chi connectivity index (χ1) is 13.3. The minimum atomic E-state index is -4.82. The normalized spacial score (nSPS) is 12.2. The lowest BCUT2D eigenvalue weighted by atomic mass is 10.2. The maximum absolute atomic E-state index is 13.0. The van der Waals surface area contributed by atoms with Gasteiger partial charge >= 0.3 is 18.2 Å². The molecule has 154 valence electrons. The first-order valence-electron chi connectivity index (χ1n) is 8.15. The number of halogens is 3. The van der Waals surface area contributed by atoms with E-state index in [0.29, 0.717) is 10.7 Å². The Balaban J connectivity index is 2.03. The molecular formula is C17H15F3N4O5. The number of alkyl halides is 3. The van der Waals surface area contributed by atoms with Gasteiger partial charge in [-0.05, 0) is 39.0 Å². The summed E-state index contributed by atoms with van der Waals surface area (Å²) in [5.41, 5.74) is -2.60. The van der Waals surface area contributed by atoms with Crippen molar-refractivity contribution in [3.8, 4) is 5.69 Å². The molecule has 2 heterocycles. The molecule has 2 aromatic heterocycles. The summed E-state index contributed by atoms with van der Waals surface area (Å²) in [6.07, 6.45) is -5.64. The summed E-state index contributed by atoms with van der Waals surface area (Å²) in [6.45, 7) is 4.99. The van der Waals surface area contributed by atoms with Gasteiger partial charge in [0.05, 0.1) is 11.1 Å². The number of anilines is 1. The van der Waals surface area contributed by atoms with Crippen LogP contribution in [0.15, 0.2) is 28.8 Å². The van der Waals surface area contributed by atoms with E-state index in [9.17, 15) is 27.9 Å². The average Bonchev–Trinajstić information content (AvgIpc) is 3.17. The van der Waals surface area contributed by atoms with Crippen molar-refractivity contribution >= 4 is 28.8 Å². The molecule has 2 N–H and O–H groups in total. The summed E-state index contributed by atoms with van der Waals surface area (Å²) in [4.78, 5) is 23.3. The molecule has 12 heteroatoms. The highest BCUT2D eigenvalue weighted by molar-refractivity contribution is 5.97. The summed E-state index contributed by atoms with van der Waals surface area (Å²) < 4.78 is 49.7. The van der Waals surface area contributed by atoms with Gasteiger partial charge in [0.15, 0.2) is 22.8 Å². The first kappa shape index (κ1) is 20.2. The van der Waals surface area contributed by atoms with Crippen molar-refractivity contribution in [2.45, 2.75) is 32.5 Å². The fourth-order valence-electron chi connectivity index (χ4n) is 2.42. The largest absolute Gasteiger partial charge is 0.477 e. The number of hydrogen-bond acceptors (Lipinski definition) is 6. The molecular weight excluding hydrogens is 397 g/mol. The first-order valence-corrected chi connectivity index (χ1v) is 8.15. The number of amides is 1. The molecule has 1 amide bonds. The van der Waals surface area contributed by atoms with Gasteiger partial charge in [0.2, 0.25) is 0 Å². The average molecular weight is 412 g/mol. The zero-order valence-electron chi connectivity index (χ0n) is 15.4. The second-order valence-corrected chi connectivity index (χ2v) is 6.97. The smallest absolute Gasteiger partial charge is 0.435 e. The van der Waals surface area contributed by atoms with Crippen LogP contribution in [0.1, 0.15) is 37.0 Å². The number of nitrogens with zero attached hydrogens (tertiary/aromatic N) is 3.